The van der Waals surface area contributed by atoms with Gasteiger partial charge in [0.25, 0.3) is 0 Å². The number of nitrogens with one attached hydrogen (secondary N) is 2. The molecule has 0 aromatic heterocycles. The van der Waals surface area contributed by atoms with Gasteiger partial charge in [0.1, 0.15) is 5.82 Å². The van der Waals surface area contributed by atoms with Crippen LogP contribution in [-0.2, 0) is 17.8 Å². The lowest BCUT2D eigenvalue weighted by molar-refractivity contribution is -0.120. The third kappa shape index (κ3) is 5.13. The first-order chi connectivity index (χ1) is 10.7. The highest BCUT2D eigenvalue weighted by Gasteiger charge is 2.04. The van der Waals surface area contributed by atoms with Crippen molar-refractivity contribution in [2.75, 3.05) is 13.1 Å². The highest BCUT2D eigenvalue weighted by molar-refractivity contribution is 6.31. The summed E-state index contributed by atoms with van der Waals surface area (Å²) in [4.78, 5) is 11.7. The van der Waals surface area contributed by atoms with E-state index in [1.54, 1.807) is 24.3 Å². The van der Waals surface area contributed by atoms with E-state index in [0.717, 1.165) is 5.56 Å². The minimum absolute atomic E-state index is 0.117. The average molecular weight is 321 g/mol. The molecule has 0 bridgehead atoms. The first-order valence-electron chi connectivity index (χ1n) is 7.11. The third-order valence-corrected chi connectivity index (χ3v) is 3.62. The smallest absolute Gasteiger partial charge is 0.234 e. The highest BCUT2D eigenvalue weighted by Crippen LogP contribution is 2.14. The Labute approximate surface area is 134 Å². The zero-order chi connectivity index (χ0) is 15.8. The zero-order valence-corrected chi connectivity index (χ0v) is 12.9. The van der Waals surface area contributed by atoms with Gasteiger partial charge in [0.05, 0.1) is 6.54 Å². The Kier molecular flexibility index (Phi) is 6.37. The second kappa shape index (κ2) is 8.51. The summed E-state index contributed by atoms with van der Waals surface area (Å²) in [6.07, 6.45) is 0.546. The Morgan fingerprint density at radius 1 is 1.05 bits per heavy atom. The van der Waals surface area contributed by atoms with Crippen molar-refractivity contribution in [2.24, 2.45) is 0 Å². The lowest BCUT2D eigenvalue weighted by atomic mass is 10.1. The number of halogens is 2. The molecule has 5 heteroatoms. The van der Waals surface area contributed by atoms with Crippen molar-refractivity contribution in [1.29, 1.82) is 0 Å². The molecule has 0 atom stereocenters. The van der Waals surface area contributed by atoms with Gasteiger partial charge in [-0.2, -0.15) is 0 Å². The Balaban J connectivity index is 1.66. The summed E-state index contributed by atoms with van der Waals surface area (Å²) in [7, 11) is 0. The van der Waals surface area contributed by atoms with Crippen molar-refractivity contribution in [1.82, 2.24) is 10.6 Å². The van der Waals surface area contributed by atoms with E-state index < -0.39 is 0 Å². The van der Waals surface area contributed by atoms with E-state index in [1.807, 2.05) is 18.2 Å². The topological polar surface area (TPSA) is 41.1 Å². The largest absolute Gasteiger partial charge is 0.351 e. The summed E-state index contributed by atoms with van der Waals surface area (Å²) in [5.41, 5.74) is 1.52. The summed E-state index contributed by atoms with van der Waals surface area (Å²) in [6.45, 7) is 1.13. The minimum atomic E-state index is -0.215. The molecule has 0 spiro atoms. The molecule has 2 N–H and O–H groups in total. The highest BCUT2D eigenvalue weighted by atomic mass is 35.5. The summed E-state index contributed by atoms with van der Waals surface area (Å²) in [6, 6.07) is 14.0. The van der Waals surface area contributed by atoms with Gasteiger partial charge >= 0.3 is 0 Å². The summed E-state index contributed by atoms with van der Waals surface area (Å²) in [5.74, 6) is -0.332. The average Bonchev–Trinajstić information content (AvgIpc) is 2.52. The molecule has 0 aliphatic rings. The van der Waals surface area contributed by atoms with Crippen LogP contribution in [0.1, 0.15) is 11.1 Å². The molecule has 0 radical (unpaired) electrons. The molecule has 1 amide bonds. The van der Waals surface area contributed by atoms with Crippen molar-refractivity contribution >= 4 is 17.5 Å². The molecule has 0 saturated carbocycles. The van der Waals surface area contributed by atoms with Crippen molar-refractivity contribution in [3.8, 4) is 0 Å². The second-order valence-corrected chi connectivity index (χ2v) is 5.29. The number of benzene rings is 2. The number of rotatable bonds is 7. The maximum absolute atomic E-state index is 13.4. The van der Waals surface area contributed by atoms with Crippen LogP contribution in [0.5, 0.6) is 0 Å². The molecule has 0 aliphatic heterocycles. The predicted molar refractivity (Wildman–Crippen MR) is 86.3 cm³/mol. The first-order valence-corrected chi connectivity index (χ1v) is 7.49. The van der Waals surface area contributed by atoms with Gasteiger partial charge in [-0.3, -0.25) is 4.79 Å². The van der Waals surface area contributed by atoms with Crippen LogP contribution in [0, 0.1) is 5.82 Å². The molecular formula is C17H18ClFN2O. The Morgan fingerprint density at radius 3 is 2.45 bits per heavy atom. The molecule has 0 unspecified atom stereocenters. The van der Waals surface area contributed by atoms with Crippen LogP contribution in [0.3, 0.4) is 0 Å². The quantitative estimate of drug-likeness (QED) is 0.770. The summed E-state index contributed by atoms with van der Waals surface area (Å²) in [5, 5.41) is 6.42. The van der Waals surface area contributed by atoms with Crippen LogP contribution >= 0.6 is 11.6 Å². The van der Waals surface area contributed by atoms with Crippen LogP contribution in [0.15, 0.2) is 48.5 Å². The molecule has 0 fully saturated rings. The minimum Gasteiger partial charge on any atom is -0.351 e. The maximum atomic E-state index is 13.4. The normalized spacial score (nSPS) is 10.5. The number of hydrogen-bond donors (Lipinski definition) is 2. The van der Waals surface area contributed by atoms with Gasteiger partial charge in [0.15, 0.2) is 0 Å². The predicted octanol–water partition coefficient (Wildman–Crippen LogP) is 2.93. The van der Waals surface area contributed by atoms with Crippen LogP contribution in [0.4, 0.5) is 4.39 Å². The Bertz CT molecular complexity index is 634. The van der Waals surface area contributed by atoms with E-state index in [-0.39, 0.29) is 18.3 Å². The number of carbonyl (C=O) groups excluding carboxylic acids is 1. The molecule has 2 aromatic carbocycles. The van der Waals surface area contributed by atoms with E-state index in [2.05, 4.69) is 10.6 Å². The SMILES string of the molecule is O=C(CNCCc1ccccc1F)NCc1ccccc1Cl. The molecule has 116 valence electrons. The molecular weight excluding hydrogens is 303 g/mol. The lowest BCUT2D eigenvalue weighted by Gasteiger charge is -2.08. The fourth-order valence-corrected chi connectivity index (χ4v) is 2.23. The van der Waals surface area contributed by atoms with Crippen molar-refractivity contribution < 1.29 is 9.18 Å². The third-order valence-electron chi connectivity index (χ3n) is 3.25. The van der Waals surface area contributed by atoms with Gasteiger partial charge in [-0.15, -0.1) is 0 Å². The van der Waals surface area contributed by atoms with E-state index in [1.165, 1.54) is 6.07 Å². The van der Waals surface area contributed by atoms with Gasteiger partial charge < -0.3 is 10.6 Å². The van der Waals surface area contributed by atoms with Crippen molar-refractivity contribution in [3.05, 3.63) is 70.5 Å². The second-order valence-electron chi connectivity index (χ2n) is 4.89. The molecule has 0 aliphatic carbocycles. The van der Waals surface area contributed by atoms with Gasteiger partial charge in [-0.1, -0.05) is 48.0 Å². The molecule has 2 aromatic rings. The Morgan fingerprint density at radius 2 is 1.73 bits per heavy atom. The molecule has 3 nitrogen and oxygen atoms in total. The van der Waals surface area contributed by atoms with E-state index in [0.29, 0.717) is 30.1 Å². The van der Waals surface area contributed by atoms with Crippen molar-refractivity contribution in [3.63, 3.8) is 0 Å². The van der Waals surface area contributed by atoms with Crippen LogP contribution in [-0.4, -0.2) is 19.0 Å². The lowest BCUT2D eigenvalue weighted by Crippen LogP contribution is -2.34. The summed E-state index contributed by atoms with van der Waals surface area (Å²) < 4.78 is 13.4. The first kappa shape index (κ1) is 16.5. The van der Waals surface area contributed by atoms with Gasteiger partial charge in [0, 0.05) is 11.6 Å². The fourth-order valence-electron chi connectivity index (χ4n) is 2.02. The standard InChI is InChI=1S/C17H18ClFN2O/c18-15-7-3-1-6-14(15)11-21-17(22)12-20-10-9-13-5-2-4-8-16(13)19/h1-8,20H,9-12H2,(H,21,22). The number of amides is 1. The Hall–Kier alpha value is -1.91. The van der Waals surface area contributed by atoms with Crippen molar-refractivity contribution in [2.45, 2.75) is 13.0 Å². The van der Waals surface area contributed by atoms with Crippen LogP contribution in [0.2, 0.25) is 5.02 Å². The van der Waals surface area contributed by atoms with Gasteiger partial charge in [-0.25, -0.2) is 4.39 Å². The van der Waals surface area contributed by atoms with Gasteiger partial charge in [0.2, 0.25) is 5.91 Å². The molecule has 0 saturated heterocycles. The number of hydrogen-bond acceptors (Lipinski definition) is 2. The number of carbonyl (C=O) groups is 1. The van der Waals surface area contributed by atoms with E-state index in [9.17, 15) is 9.18 Å². The fraction of sp³-hybridized carbons (Fsp3) is 0.235. The zero-order valence-electron chi connectivity index (χ0n) is 12.1. The molecule has 2 rings (SSSR count). The molecule has 22 heavy (non-hydrogen) atoms. The molecule has 0 heterocycles. The van der Waals surface area contributed by atoms with E-state index in [4.69, 9.17) is 11.6 Å². The summed E-state index contributed by atoms with van der Waals surface area (Å²) >= 11 is 6.01. The van der Waals surface area contributed by atoms with Gasteiger partial charge in [-0.05, 0) is 36.2 Å². The monoisotopic (exact) mass is 320 g/mol. The van der Waals surface area contributed by atoms with E-state index >= 15 is 0 Å². The van der Waals surface area contributed by atoms with Crippen LogP contribution in [0.25, 0.3) is 0 Å². The maximum Gasteiger partial charge on any atom is 0.234 e. The van der Waals surface area contributed by atoms with Crippen LogP contribution < -0.4 is 10.6 Å².